The molecule has 0 aromatic heterocycles. The van der Waals surface area contributed by atoms with Crippen molar-refractivity contribution in [2.24, 2.45) is 0 Å². The molecule has 1 aliphatic rings. The van der Waals surface area contributed by atoms with Crippen LogP contribution in [0.5, 0.6) is 0 Å². The van der Waals surface area contributed by atoms with E-state index in [9.17, 15) is 13.6 Å². The lowest BCUT2D eigenvalue weighted by Gasteiger charge is -2.28. The van der Waals surface area contributed by atoms with E-state index < -0.39 is 11.6 Å². The highest BCUT2D eigenvalue weighted by atomic mass is 19.1. The zero-order chi connectivity index (χ0) is 16.2. The van der Waals surface area contributed by atoms with E-state index in [0.717, 1.165) is 31.6 Å². The van der Waals surface area contributed by atoms with Crippen LogP contribution < -0.4 is 5.32 Å². The molecule has 0 aliphatic carbocycles. The van der Waals surface area contributed by atoms with Crippen molar-refractivity contribution in [3.63, 3.8) is 0 Å². The molecule has 1 heterocycles. The highest BCUT2D eigenvalue weighted by Crippen LogP contribution is 2.19. The van der Waals surface area contributed by atoms with Crippen molar-refractivity contribution in [1.29, 1.82) is 0 Å². The van der Waals surface area contributed by atoms with Gasteiger partial charge in [0.05, 0.1) is 5.69 Å². The second-order valence-electron chi connectivity index (χ2n) is 5.72. The summed E-state index contributed by atoms with van der Waals surface area (Å²) in [7, 11) is 0. The van der Waals surface area contributed by atoms with Crippen molar-refractivity contribution in [2.45, 2.75) is 19.4 Å². The monoisotopic (exact) mass is 316 g/mol. The molecular formula is C18H18F2N2O. The minimum absolute atomic E-state index is 0.0142. The molecule has 0 atom stereocenters. The number of halogens is 2. The Morgan fingerprint density at radius 3 is 2.70 bits per heavy atom. The summed E-state index contributed by atoms with van der Waals surface area (Å²) >= 11 is 0. The fourth-order valence-corrected chi connectivity index (χ4v) is 2.81. The molecule has 5 heteroatoms. The number of hydrogen-bond donors (Lipinski definition) is 1. The molecule has 0 fully saturated rings. The average molecular weight is 316 g/mol. The lowest BCUT2D eigenvalue weighted by molar-refractivity contribution is -0.116. The SMILES string of the molecule is O=C(CCN1CCc2ccccc2C1)Nc1ccc(F)cc1F. The normalized spacial score (nSPS) is 14.3. The first-order valence-corrected chi connectivity index (χ1v) is 7.66. The van der Waals surface area contributed by atoms with Gasteiger partial charge in [-0.15, -0.1) is 0 Å². The standard InChI is InChI=1S/C18H18F2N2O/c19-15-5-6-17(16(20)11-15)21-18(23)8-10-22-9-7-13-3-1-2-4-14(13)12-22/h1-6,11H,7-10,12H2,(H,21,23). The molecule has 0 saturated carbocycles. The van der Waals surface area contributed by atoms with E-state index in [1.165, 1.54) is 17.2 Å². The lowest BCUT2D eigenvalue weighted by Crippen LogP contribution is -2.33. The van der Waals surface area contributed by atoms with Crippen LogP contribution in [-0.2, 0) is 17.8 Å². The van der Waals surface area contributed by atoms with Crippen molar-refractivity contribution in [3.05, 3.63) is 65.2 Å². The van der Waals surface area contributed by atoms with E-state index in [2.05, 4.69) is 22.3 Å². The highest BCUT2D eigenvalue weighted by molar-refractivity contribution is 5.90. The number of carbonyl (C=O) groups excluding carboxylic acids is 1. The molecule has 0 radical (unpaired) electrons. The molecule has 1 N–H and O–H groups in total. The number of nitrogens with zero attached hydrogens (tertiary/aromatic N) is 1. The van der Waals surface area contributed by atoms with Gasteiger partial charge in [-0.3, -0.25) is 9.69 Å². The van der Waals surface area contributed by atoms with Gasteiger partial charge in [-0.1, -0.05) is 24.3 Å². The van der Waals surface area contributed by atoms with Gasteiger partial charge in [-0.05, 0) is 29.7 Å². The fraction of sp³-hybridized carbons (Fsp3) is 0.278. The molecule has 120 valence electrons. The second kappa shape index (κ2) is 6.87. The third kappa shape index (κ3) is 3.93. The largest absolute Gasteiger partial charge is 0.324 e. The Morgan fingerprint density at radius 2 is 1.91 bits per heavy atom. The van der Waals surface area contributed by atoms with Gasteiger partial charge in [0.15, 0.2) is 0 Å². The van der Waals surface area contributed by atoms with Gasteiger partial charge in [0.25, 0.3) is 0 Å². The number of anilines is 1. The topological polar surface area (TPSA) is 32.3 Å². The first-order valence-electron chi connectivity index (χ1n) is 7.66. The zero-order valence-corrected chi connectivity index (χ0v) is 12.7. The van der Waals surface area contributed by atoms with Crippen LogP contribution in [0.4, 0.5) is 14.5 Å². The highest BCUT2D eigenvalue weighted by Gasteiger charge is 2.16. The van der Waals surface area contributed by atoms with Gasteiger partial charge < -0.3 is 5.32 Å². The smallest absolute Gasteiger partial charge is 0.225 e. The van der Waals surface area contributed by atoms with Crippen molar-refractivity contribution in [2.75, 3.05) is 18.4 Å². The quantitative estimate of drug-likeness (QED) is 0.938. The van der Waals surface area contributed by atoms with Crippen LogP contribution in [0.1, 0.15) is 17.5 Å². The molecule has 3 rings (SSSR count). The minimum atomic E-state index is -0.759. The van der Waals surface area contributed by atoms with Crippen molar-refractivity contribution in [1.82, 2.24) is 4.90 Å². The second-order valence-corrected chi connectivity index (χ2v) is 5.72. The molecule has 1 amide bonds. The Morgan fingerprint density at radius 1 is 1.13 bits per heavy atom. The van der Waals surface area contributed by atoms with Crippen LogP contribution >= 0.6 is 0 Å². The molecule has 0 spiro atoms. The molecule has 3 nitrogen and oxygen atoms in total. The number of amides is 1. The van der Waals surface area contributed by atoms with Gasteiger partial charge in [0, 0.05) is 32.1 Å². The summed E-state index contributed by atoms with van der Waals surface area (Å²) < 4.78 is 26.3. The molecule has 2 aromatic rings. The Labute approximate surface area is 133 Å². The molecule has 23 heavy (non-hydrogen) atoms. The van der Waals surface area contributed by atoms with Crippen LogP contribution in [0.25, 0.3) is 0 Å². The van der Waals surface area contributed by atoms with Crippen molar-refractivity contribution in [3.8, 4) is 0 Å². The maximum Gasteiger partial charge on any atom is 0.225 e. The maximum atomic E-state index is 13.5. The van der Waals surface area contributed by atoms with E-state index in [1.54, 1.807) is 0 Å². The summed E-state index contributed by atoms with van der Waals surface area (Å²) in [5.41, 5.74) is 2.67. The summed E-state index contributed by atoms with van der Waals surface area (Å²) in [4.78, 5) is 14.2. The number of benzene rings is 2. The Bertz CT molecular complexity index is 718. The van der Waals surface area contributed by atoms with E-state index >= 15 is 0 Å². The molecular weight excluding hydrogens is 298 g/mol. The first-order chi connectivity index (χ1) is 11.1. The van der Waals surface area contributed by atoms with Crippen LogP contribution in [0.2, 0.25) is 0 Å². The summed E-state index contributed by atoms with van der Waals surface area (Å²) in [6.45, 7) is 2.35. The van der Waals surface area contributed by atoms with Gasteiger partial charge in [-0.2, -0.15) is 0 Å². The minimum Gasteiger partial charge on any atom is -0.324 e. The number of nitrogens with one attached hydrogen (secondary N) is 1. The van der Waals surface area contributed by atoms with Gasteiger partial charge in [0.2, 0.25) is 5.91 Å². The fourth-order valence-electron chi connectivity index (χ4n) is 2.81. The predicted molar refractivity (Wildman–Crippen MR) is 85.0 cm³/mol. The maximum absolute atomic E-state index is 13.5. The van der Waals surface area contributed by atoms with E-state index in [-0.39, 0.29) is 18.0 Å². The van der Waals surface area contributed by atoms with Gasteiger partial charge >= 0.3 is 0 Å². The van der Waals surface area contributed by atoms with Crippen molar-refractivity contribution >= 4 is 11.6 Å². The molecule has 2 aromatic carbocycles. The first kappa shape index (κ1) is 15.6. The molecule has 0 unspecified atom stereocenters. The van der Waals surface area contributed by atoms with E-state index in [4.69, 9.17) is 0 Å². The predicted octanol–water partition coefficient (Wildman–Crippen LogP) is 3.35. The number of fused-ring (bicyclic) bond motifs is 1. The van der Waals surface area contributed by atoms with Crippen LogP contribution in [-0.4, -0.2) is 23.9 Å². The van der Waals surface area contributed by atoms with Gasteiger partial charge in [-0.25, -0.2) is 8.78 Å². The summed E-state index contributed by atoms with van der Waals surface area (Å²) in [6.07, 6.45) is 1.25. The summed E-state index contributed by atoms with van der Waals surface area (Å²) in [5, 5.41) is 2.49. The summed E-state index contributed by atoms with van der Waals surface area (Å²) in [5.74, 6) is -1.69. The zero-order valence-electron chi connectivity index (χ0n) is 12.7. The molecule has 1 aliphatic heterocycles. The Balaban J connectivity index is 1.52. The number of rotatable bonds is 4. The lowest BCUT2D eigenvalue weighted by atomic mass is 10.00. The third-order valence-corrected chi connectivity index (χ3v) is 4.07. The van der Waals surface area contributed by atoms with Gasteiger partial charge in [0.1, 0.15) is 11.6 Å². The summed E-state index contributed by atoms with van der Waals surface area (Å²) in [6, 6.07) is 11.4. The molecule has 0 bridgehead atoms. The molecule has 0 saturated heterocycles. The van der Waals surface area contributed by atoms with Crippen LogP contribution in [0, 0.1) is 11.6 Å². The average Bonchev–Trinajstić information content (AvgIpc) is 2.55. The third-order valence-electron chi connectivity index (χ3n) is 4.07. The Kier molecular flexibility index (Phi) is 4.67. The van der Waals surface area contributed by atoms with E-state index in [0.29, 0.717) is 6.54 Å². The Hall–Kier alpha value is -2.27. The van der Waals surface area contributed by atoms with Crippen LogP contribution in [0.3, 0.4) is 0 Å². The van der Waals surface area contributed by atoms with Crippen LogP contribution in [0.15, 0.2) is 42.5 Å². The van der Waals surface area contributed by atoms with E-state index in [1.807, 2.05) is 12.1 Å². The number of carbonyl (C=O) groups is 1. The number of hydrogen-bond acceptors (Lipinski definition) is 2. The van der Waals surface area contributed by atoms with Crippen molar-refractivity contribution < 1.29 is 13.6 Å².